The summed E-state index contributed by atoms with van der Waals surface area (Å²) in [5.74, 6) is -1.04. The minimum Gasteiger partial charge on any atom is -0.451 e. The van der Waals surface area contributed by atoms with Crippen molar-refractivity contribution in [2.75, 3.05) is 5.73 Å². The van der Waals surface area contributed by atoms with Crippen LogP contribution in [0.25, 0.3) is 0 Å². The van der Waals surface area contributed by atoms with E-state index in [1.807, 2.05) is 0 Å². The molecule has 10 heteroatoms. The minimum absolute atomic E-state index is 0.0582. The molecule has 0 aliphatic carbocycles. The van der Waals surface area contributed by atoms with Gasteiger partial charge in [-0.05, 0) is 30.3 Å². The number of nitrogens with two attached hydrogens (primary N) is 1. The molecule has 0 aliphatic rings. The van der Waals surface area contributed by atoms with Crippen LogP contribution in [0.4, 0.5) is 27.6 Å². The minimum atomic E-state index is -4.60. The van der Waals surface area contributed by atoms with Crippen LogP contribution in [0.2, 0.25) is 0 Å². The summed E-state index contributed by atoms with van der Waals surface area (Å²) in [5.41, 5.74) is 4.14. The molecule has 0 radical (unpaired) electrons. The van der Waals surface area contributed by atoms with Gasteiger partial charge in [0, 0.05) is 6.07 Å². The van der Waals surface area contributed by atoms with E-state index in [0.29, 0.717) is 12.1 Å². The SMILES string of the molecule is Nc1cc(C(F)(F)F)ccc1Oc1cc(OC=O)ccc1OC(F)F. The molecule has 0 fully saturated rings. The molecule has 0 aromatic heterocycles. The van der Waals surface area contributed by atoms with E-state index in [1.165, 1.54) is 0 Å². The topological polar surface area (TPSA) is 70.8 Å². The van der Waals surface area contributed by atoms with Gasteiger partial charge in [0.2, 0.25) is 0 Å². The van der Waals surface area contributed by atoms with Gasteiger partial charge >= 0.3 is 12.8 Å². The maximum atomic E-state index is 12.6. The number of carbonyl (C=O) groups excluding carboxylic acids is 1. The van der Waals surface area contributed by atoms with Gasteiger partial charge in [0.1, 0.15) is 5.75 Å². The number of hydrogen-bond donors (Lipinski definition) is 1. The Bertz CT molecular complexity index is 764. The Hall–Kier alpha value is -3.04. The number of nitrogen functional groups attached to an aromatic ring is 1. The summed E-state index contributed by atoms with van der Waals surface area (Å²) in [4.78, 5) is 10.4. The highest BCUT2D eigenvalue weighted by molar-refractivity contribution is 5.58. The monoisotopic (exact) mass is 363 g/mol. The van der Waals surface area contributed by atoms with Crippen LogP contribution in [-0.2, 0) is 11.0 Å². The fraction of sp³-hybridized carbons (Fsp3) is 0.133. The lowest BCUT2D eigenvalue weighted by molar-refractivity contribution is -0.137. The average molecular weight is 363 g/mol. The first-order valence-electron chi connectivity index (χ1n) is 6.54. The highest BCUT2D eigenvalue weighted by Crippen LogP contribution is 2.39. The molecular formula is C15H10F5NO4. The van der Waals surface area contributed by atoms with E-state index < -0.39 is 24.1 Å². The Kier molecular flexibility index (Phi) is 5.30. The molecule has 2 N–H and O–H groups in total. The van der Waals surface area contributed by atoms with E-state index in [-0.39, 0.29) is 29.4 Å². The third-order valence-electron chi connectivity index (χ3n) is 2.87. The van der Waals surface area contributed by atoms with Crippen LogP contribution >= 0.6 is 0 Å². The Morgan fingerprint density at radius 2 is 1.68 bits per heavy atom. The van der Waals surface area contributed by atoms with Gasteiger partial charge in [-0.1, -0.05) is 0 Å². The third kappa shape index (κ3) is 4.72. The van der Waals surface area contributed by atoms with Crippen LogP contribution in [0.5, 0.6) is 23.0 Å². The number of anilines is 1. The summed E-state index contributed by atoms with van der Waals surface area (Å²) in [5, 5.41) is 0. The van der Waals surface area contributed by atoms with Gasteiger partial charge < -0.3 is 19.9 Å². The van der Waals surface area contributed by atoms with Crippen LogP contribution in [0.3, 0.4) is 0 Å². The first kappa shape index (κ1) is 18.3. The number of hydrogen-bond acceptors (Lipinski definition) is 5. The van der Waals surface area contributed by atoms with E-state index in [9.17, 15) is 26.7 Å². The van der Waals surface area contributed by atoms with E-state index in [4.69, 9.17) is 10.5 Å². The second kappa shape index (κ2) is 7.24. The smallest absolute Gasteiger partial charge is 0.416 e. The Labute approximate surface area is 137 Å². The number of ether oxygens (including phenoxy) is 3. The van der Waals surface area contributed by atoms with Crippen molar-refractivity contribution in [1.82, 2.24) is 0 Å². The molecular weight excluding hydrogens is 353 g/mol. The second-order valence-corrected chi connectivity index (χ2v) is 4.55. The fourth-order valence-corrected chi connectivity index (χ4v) is 1.83. The Morgan fingerprint density at radius 3 is 2.24 bits per heavy atom. The highest BCUT2D eigenvalue weighted by Gasteiger charge is 2.31. The molecule has 0 saturated heterocycles. The van der Waals surface area contributed by atoms with Gasteiger partial charge in [-0.3, -0.25) is 4.79 Å². The molecule has 2 aromatic carbocycles. The summed E-state index contributed by atoms with van der Waals surface area (Å²) >= 11 is 0. The number of carbonyl (C=O) groups is 1. The Morgan fingerprint density at radius 1 is 1.00 bits per heavy atom. The summed E-state index contributed by atoms with van der Waals surface area (Å²) < 4.78 is 76.8. The molecule has 25 heavy (non-hydrogen) atoms. The van der Waals surface area contributed by atoms with Crippen LogP contribution in [0, 0.1) is 0 Å². The first-order chi connectivity index (χ1) is 11.7. The van der Waals surface area contributed by atoms with Gasteiger partial charge in [0.05, 0.1) is 11.3 Å². The van der Waals surface area contributed by atoms with Gasteiger partial charge in [-0.15, -0.1) is 0 Å². The van der Waals surface area contributed by atoms with Gasteiger partial charge in [0.15, 0.2) is 17.2 Å². The number of benzene rings is 2. The zero-order valence-corrected chi connectivity index (χ0v) is 12.2. The predicted molar refractivity (Wildman–Crippen MR) is 75.7 cm³/mol. The van der Waals surface area contributed by atoms with Crippen LogP contribution in [0.15, 0.2) is 36.4 Å². The third-order valence-corrected chi connectivity index (χ3v) is 2.87. The van der Waals surface area contributed by atoms with E-state index >= 15 is 0 Å². The summed E-state index contributed by atoms with van der Waals surface area (Å²) in [6.45, 7) is -3.08. The summed E-state index contributed by atoms with van der Waals surface area (Å²) in [7, 11) is 0. The predicted octanol–water partition coefficient (Wildman–Crippen LogP) is 4.22. The first-order valence-corrected chi connectivity index (χ1v) is 6.54. The maximum Gasteiger partial charge on any atom is 0.416 e. The Balaban J connectivity index is 2.37. The quantitative estimate of drug-likeness (QED) is 0.473. The fourth-order valence-electron chi connectivity index (χ4n) is 1.83. The largest absolute Gasteiger partial charge is 0.451 e. The van der Waals surface area contributed by atoms with E-state index in [0.717, 1.165) is 24.3 Å². The number of halogens is 5. The lowest BCUT2D eigenvalue weighted by Gasteiger charge is -2.15. The lowest BCUT2D eigenvalue weighted by Crippen LogP contribution is -2.06. The molecule has 0 aliphatic heterocycles. The van der Waals surface area contributed by atoms with Crippen molar-refractivity contribution in [2.45, 2.75) is 12.8 Å². The summed E-state index contributed by atoms with van der Waals surface area (Å²) in [6.07, 6.45) is -4.60. The lowest BCUT2D eigenvalue weighted by atomic mass is 10.2. The standard InChI is InChI=1S/C15H10F5NO4/c16-14(17)25-12-4-2-9(23-7-22)6-13(12)24-11-3-1-8(5-10(11)21)15(18,19)20/h1-7,14H,21H2. The molecule has 5 nitrogen and oxygen atoms in total. The van der Waals surface area contributed by atoms with Crippen molar-refractivity contribution < 1.29 is 41.0 Å². The van der Waals surface area contributed by atoms with Crippen molar-refractivity contribution in [3.05, 3.63) is 42.0 Å². The number of rotatable bonds is 6. The average Bonchev–Trinajstić information content (AvgIpc) is 2.50. The van der Waals surface area contributed by atoms with Crippen LogP contribution < -0.4 is 19.9 Å². The van der Waals surface area contributed by atoms with Crippen molar-refractivity contribution in [2.24, 2.45) is 0 Å². The molecule has 0 heterocycles. The molecule has 2 aromatic rings. The van der Waals surface area contributed by atoms with Crippen molar-refractivity contribution in [1.29, 1.82) is 0 Å². The maximum absolute atomic E-state index is 12.6. The zero-order chi connectivity index (χ0) is 18.6. The van der Waals surface area contributed by atoms with Crippen molar-refractivity contribution in [3.8, 4) is 23.0 Å². The molecule has 2 rings (SSSR count). The highest BCUT2D eigenvalue weighted by atomic mass is 19.4. The second-order valence-electron chi connectivity index (χ2n) is 4.55. The van der Waals surface area contributed by atoms with Crippen LogP contribution in [0.1, 0.15) is 5.56 Å². The molecule has 134 valence electrons. The van der Waals surface area contributed by atoms with Crippen molar-refractivity contribution >= 4 is 12.2 Å². The molecule has 0 amide bonds. The van der Waals surface area contributed by atoms with Gasteiger partial charge in [-0.25, -0.2) is 0 Å². The van der Waals surface area contributed by atoms with E-state index in [2.05, 4.69) is 9.47 Å². The number of alkyl halides is 5. The molecule has 0 saturated carbocycles. The zero-order valence-electron chi connectivity index (χ0n) is 12.2. The molecule has 0 spiro atoms. The molecule has 0 unspecified atom stereocenters. The summed E-state index contributed by atoms with van der Waals surface area (Å²) in [6, 6.07) is 5.52. The van der Waals surface area contributed by atoms with Gasteiger partial charge in [-0.2, -0.15) is 22.0 Å². The van der Waals surface area contributed by atoms with E-state index in [1.54, 1.807) is 0 Å². The molecule has 0 bridgehead atoms. The normalized spacial score (nSPS) is 11.3. The molecule has 0 atom stereocenters. The van der Waals surface area contributed by atoms with Crippen molar-refractivity contribution in [3.63, 3.8) is 0 Å². The van der Waals surface area contributed by atoms with Crippen LogP contribution in [-0.4, -0.2) is 13.1 Å². The van der Waals surface area contributed by atoms with Gasteiger partial charge in [0.25, 0.3) is 6.47 Å².